The van der Waals surface area contributed by atoms with Gasteiger partial charge >= 0.3 is 5.97 Å². The summed E-state index contributed by atoms with van der Waals surface area (Å²) in [7, 11) is 0. The van der Waals surface area contributed by atoms with Crippen molar-refractivity contribution in [1.82, 2.24) is 15.2 Å². The van der Waals surface area contributed by atoms with E-state index < -0.39 is 18.5 Å². The maximum absolute atomic E-state index is 12.2. The number of hydrogen-bond donors (Lipinski definition) is 2. The van der Waals surface area contributed by atoms with Gasteiger partial charge in [-0.05, 0) is 6.07 Å². The highest BCUT2D eigenvalue weighted by Crippen LogP contribution is 2.24. The van der Waals surface area contributed by atoms with Gasteiger partial charge in [0, 0.05) is 16.3 Å². The third-order valence-electron chi connectivity index (χ3n) is 3.82. The van der Waals surface area contributed by atoms with Crippen LogP contribution in [0.1, 0.15) is 10.5 Å². The SMILES string of the molecule is O=C(COC(=O)c1n[nH]c2ccccc12)Nc1nc(-c2ccccc2)cs1. The number of rotatable bonds is 5. The predicted octanol–water partition coefficient (Wildman–Crippen LogP) is 3.48. The van der Waals surface area contributed by atoms with Gasteiger partial charge in [-0.2, -0.15) is 5.10 Å². The summed E-state index contributed by atoms with van der Waals surface area (Å²) in [5, 5.41) is 12.3. The first-order valence-electron chi connectivity index (χ1n) is 8.12. The minimum absolute atomic E-state index is 0.152. The second kappa shape index (κ2) is 7.38. The van der Waals surface area contributed by atoms with E-state index in [1.165, 1.54) is 11.3 Å². The van der Waals surface area contributed by atoms with E-state index in [9.17, 15) is 9.59 Å². The van der Waals surface area contributed by atoms with Crippen LogP contribution in [0, 0.1) is 0 Å². The standard InChI is InChI=1S/C19H14N4O3S/c24-16(21-19-20-15(11-27-19)12-6-2-1-3-7-12)10-26-18(25)17-13-8-4-5-9-14(13)22-23-17/h1-9,11H,10H2,(H,22,23)(H,20,21,24). The van der Waals surface area contributed by atoms with Crippen molar-refractivity contribution < 1.29 is 14.3 Å². The molecule has 2 aromatic heterocycles. The van der Waals surface area contributed by atoms with E-state index in [1.807, 2.05) is 41.8 Å². The number of fused-ring (bicyclic) bond motifs is 1. The smallest absolute Gasteiger partial charge is 0.359 e. The van der Waals surface area contributed by atoms with Gasteiger partial charge in [0.25, 0.3) is 5.91 Å². The van der Waals surface area contributed by atoms with Crippen LogP contribution in [0.15, 0.2) is 60.0 Å². The van der Waals surface area contributed by atoms with Crippen molar-refractivity contribution in [3.05, 3.63) is 65.7 Å². The molecule has 2 aromatic carbocycles. The van der Waals surface area contributed by atoms with E-state index >= 15 is 0 Å². The number of carbonyl (C=O) groups excluding carboxylic acids is 2. The summed E-state index contributed by atoms with van der Waals surface area (Å²) < 4.78 is 5.06. The van der Waals surface area contributed by atoms with Crippen molar-refractivity contribution in [3.8, 4) is 11.3 Å². The summed E-state index contributed by atoms with van der Waals surface area (Å²) in [6, 6.07) is 16.8. The molecule has 0 unspecified atom stereocenters. The number of amides is 1. The van der Waals surface area contributed by atoms with E-state index in [-0.39, 0.29) is 5.69 Å². The average Bonchev–Trinajstić information content (AvgIpc) is 3.34. The Morgan fingerprint density at radius 3 is 2.70 bits per heavy atom. The molecule has 8 heteroatoms. The van der Waals surface area contributed by atoms with E-state index in [4.69, 9.17) is 4.74 Å². The molecule has 0 saturated heterocycles. The van der Waals surface area contributed by atoms with Gasteiger partial charge in [0.05, 0.1) is 11.2 Å². The first-order valence-corrected chi connectivity index (χ1v) is 9.00. The number of esters is 1. The molecule has 134 valence electrons. The van der Waals surface area contributed by atoms with Crippen molar-refractivity contribution in [1.29, 1.82) is 0 Å². The Balaban J connectivity index is 1.36. The van der Waals surface area contributed by atoms with Gasteiger partial charge in [0.2, 0.25) is 0 Å². The second-order valence-electron chi connectivity index (χ2n) is 5.65. The maximum Gasteiger partial charge on any atom is 0.359 e. The molecule has 0 bridgehead atoms. The Bertz CT molecular complexity index is 1100. The molecule has 0 spiro atoms. The van der Waals surface area contributed by atoms with Gasteiger partial charge in [0.1, 0.15) is 0 Å². The Hall–Kier alpha value is -3.52. The normalized spacial score (nSPS) is 10.7. The third-order valence-corrected chi connectivity index (χ3v) is 4.58. The Morgan fingerprint density at radius 1 is 1.07 bits per heavy atom. The highest BCUT2D eigenvalue weighted by molar-refractivity contribution is 7.14. The van der Waals surface area contributed by atoms with Crippen LogP contribution in [0.5, 0.6) is 0 Å². The number of nitrogens with zero attached hydrogens (tertiary/aromatic N) is 2. The zero-order chi connectivity index (χ0) is 18.6. The number of anilines is 1. The van der Waals surface area contributed by atoms with Crippen molar-refractivity contribution in [2.45, 2.75) is 0 Å². The number of benzene rings is 2. The summed E-state index contributed by atoms with van der Waals surface area (Å²) in [5.41, 5.74) is 2.62. The van der Waals surface area contributed by atoms with Gasteiger partial charge in [0.15, 0.2) is 17.4 Å². The quantitative estimate of drug-likeness (QED) is 0.518. The average molecular weight is 378 g/mol. The topological polar surface area (TPSA) is 97.0 Å². The minimum Gasteiger partial charge on any atom is -0.451 e. The van der Waals surface area contributed by atoms with Crippen molar-refractivity contribution >= 4 is 39.2 Å². The number of para-hydroxylation sites is 1. The van der Waals surface area contributed by atoms with Crippen LogP contribution < -0.4 is 5.32 Å². The fraction of sp³-hybridized carbons (Fsp3) is 0.0526. The third kappa shape index (κ3) is 3.70. The summed E-state index contributed by atoms with van der Waals surface area (Å²) in [4.78, 5) is 28.6. The van der Waals surface area contributed by atoms with Gasteiger partial charge in [-0.3, -0.25) is 15.2 Å². The van der Waals surface area contributed by atoms with E-state index in [2.05, 4.69) is 20.5 Å². The van der Waals surface area contributed by atoms with E-state index in [1.54, 1.807) is 18.2 Å². The molecular weight excluding hydrogens is 364 g/mol. The molecule has 0 radical (unpaired) electrons. The lowest BCUT2D eigenvalue weighted by Crippen LogP contribution is -2.21. The summed E-state index contributed by atoms with van der Waals surface area (Å²) in [6.07, 6.45) is 0. The number of hydrogen-bond acceptors (Lipinski definition) is 6. The molecule has 0 aliphatic rings. The highest BCUT2D eigenvalue weighted by Gasteiger charge is 2.17. The number of aromatic amines is 1. The fourth-order valence-corrected chi connectivity index (χ4v) is 3.28. The number of ether oxygens (including phenoxy) is 1. The predicted molar refractivity (Wildman–Crippen MR) is 103 cm³/mol. The first kappa shape index (κ1) is 16.9. The maximum atomic E-state index is 12.2. The van der Waals surface area contributed by atoms with Crippen molar-refractivity contribution in [2.75, 3.05) is 11.9 Å². The van der Waals surface area contributed by atoms with Crippen LogP contribution >= 0.6 is 11.3 Å². The molecule has 27 heavy (non-hydrogen) atoms. The zero-order valence-corrected chi connectivity index (χ0v) is 14.8. The number of thiazole rings is 1. The van der Waals surface area contributed by atoms with Crippen LogP contribution in [-0.2, 0) is 9.53 Å². The number of aromatic nitrogens is 3. The fourth-order valence-electron chi connectivity index (χ4n) is 2.55. The molecule has 4 aromatic rings. The Labute approximate surface area is 158 Å². The lowest BCUT2D eigenvalue weighted by atomic mass is 10.2. The molecule has 0 aliphatic heterocycles. The molecule has 4 rings (SSSR count). The molecule has 0 saturated carbocycles. The largest absolute Gasteiger partial charge is 0.451 e. The summed E-state index contributed by atoms with van der Waals surface area (Å²) in [5.74, 6) is -1.12. The van der Waals surface area contributed by atoms with Crippen LogP contribution in [0.3, 0.4) is 0 Å². The zero-order valence-electron chi connectivity index (χ0n) is 14.0. The summed E-state index contributed by atoms with van der Waals surface area (Å²) >= 11 is 1.31. The number of carbonyl (C=O) groups is 2. The lowest BCUT2D eigenvalue weighted by Gasteiger charge is -2.03. The minimum atomic E-state index is -0.660. The van der Waals surface area contributed by atoms with Gasteiger partial charge in [-0.1, -0.05) is 48.5 Å². The molecule has 2 N–H and O–H groups in total. The summed E-state index contributed by atoms with van der Waals surface area (Å²) in [6.45, 7) is -0.416. The van der Waals surface area contributed by atoms with Crippen LogP contribution in [0.25, 0.3) is 22.2 Å². The number of H-pyrrole nitrogens is 1. The molecule has 0 atom stereocenters. The van der Waals surface area contributed by atoms with E-state index in [0.29, 0.717) is 10.5 Å². The van der Waals surface area contributed by atoms with Crippen LogP contribution in [0.2, 0.25) is 0 Å². The van der Waals surface area contributed by atoms with Crippen molar-refractivity contribution in [3.63, 3.8) is 0 Å². The lowest BCUT2D eigenvalue weighted by molar-refractivity contribution is -0.119. The van der Waals surface area contributed by atoms with Gasteiger partial charge in [-0.25, -0.2) is 9.78 Å². The van der Waals surface area contributed by atoms with E-state index in [0.717, 1.165) is 16.8 Å². The molecule has 0 fully saturated rings. The van der Waals surface area contributed by atoms with Crippen LogP contribution in [-0.4, -0.2) is 33.7 Å². The second-order valence-corrected chi connectivity index (χ2v) is 6.50. The first-order chi connectivity index (χ1) is 13.2. The molecule has 1 amide bonds. The molecule has 7 nitrogen and oxygen atoms in total. The Morgan fingerprint density at radius 2 is 1.85 bits per heavy atom. The highest BCUT2D eigenvalue weighted by atomic mass is 32.1. The molecule has 2 heterocycles. The Kier molecular flexibility index (Phi) is 4.63. The molecule has 0 aliphatic carbocycles. The van der Waals surface area contributed by atoms with Crippen LogP contribution in [0.4, 0.5) is 5.13 Å². The van der Waals surface area contributed by atoms with Gasteiger partial charge < -0.3 is 4.74 Å². The van der Waals surface area contributed by atoms with Crippen molar-refractivity contribution in [2.24, 2.45) is 0 Å². The molecular formula is C19H14N4O3S. The van der Waals surface area contributed by atoms with Gasteiger partial charge in [-0.15, -0.1) is 11.3 Å². The monoisotopic (exact) mass is 378 g/mol. The number of nitrogens with one attached hydrogen (secondary N) is 2.